The Kier molecular flexibility index (Phi) is 3.23. The van der Waals surface area contributed by atoms with E-state index >= 15 is 0 Å². The lowest BCUT2D eigenvalue weighted by Gasteiger charge is -2.19. The summed E-state index contributed by atoms with van der Waals surface area (Å²) in [6, 6.07) is 2.14. The maximum absolute atomic E-state index is 9.02. The molecule has 3 heteroatoms. The van der Waals surface area contributed by atoms with Gasteiger partial charge in [-0.25, -0.2) is 0 Å². The molecule has 0 N–H and O–H groups in total. The minimum Gasteiger partial charge on any atom is -0.271 e. The SMILES string of the molecule is C/C(=C\c1c(C#N)nn(C)c1C)C(C)(C)C. The van der Waals surface area contributed by atoms with Crippen LogP contribution in [0.3, 0.4) is 0 Å². The molecule has 0 atom stereocenters. The maximum Gasteiger partial charge on any atom is 0.169 e. The van der Waals surface area contributed by atoms with E-state index in [4.69, 9.17) is 5.26 Å². The first-order chi connectivity index (χ1) is 7.27. The Morgan fingerprint density at radius 3 is 2.44 bits per heavy atom. The molecule has 0 unspecified atom stereocenters. The first-order valence-corrected chi connectivity index (χ1v) is 5.40. The molecule has 86 valence electrons. The molecule has 0 saturated heterocycles. The highest BCUT2D eigenvalue weighted by molar-refractivity contribution is 5.61. The molecule has 0 saturated carbocycles. The molecule has 1 rings (SSSR count). The van der Waals surface area contributed by atoms with E-state index in [1.165, 1.54) is 5.57 Å². The lowest BCUT2D eigenvalue weighted by molar-refractivity contribution is 0.508. The molecule has 1 heterocycles. The van der Waals surface area contributed by atoms with Crippen molar-refractivity contribution in [3.05, 3.63) is 22.5 Å². The van der Waals surface area contributed by atoms with Gasteiger partial charge >= 0.3 is 0 Å². The summed E-state index contributed by atoms with van der Waals surface area (Å²) in [6.07, 6.45) is 2.07. The normalized spacial score (nSPS) is 12.7. The van der Waals surface area contributed by atoms with Gasteiger partial charge in [0.25, 0.3) is 0 Å². The highest BCUT2D eigenvalue weighted by atomic mass is 15.3. The lowest BCUT2D eigenvalue weighted by Crippen LogP contribution is -2.06. The van der Waals surface area contributed by atoms with Crippen LogP contribution in [0.25, 0.3) is 6.08 Å². The third-order valence-corrected chi connectivity index (χ3v) is 3.03. The highest BCUT2D eigenvalue weighted by Crippen LogP contribution is 2.28. The average Bonchev–Trinajstić information content (AvgIpc) is 2.44. The van der Waals surface area contributed by atoms with Crippen LogP contribution in [0.1, 0.15) is 44.6 Å². The number of nitrogens with zero attached hydrogens (tertiary/aromatic N) is 3. The fourth-order valence-electron chi connectivity index (χ4n) is 1.31. The molecule has 0 fully saturated rings. The Hall–Kier alpha value is -1.56. The zero-order valence-corrected chi connectivity index (χ0v) is 10.9. The van der Waals surface area contributed by atoms with E-state index in [2.05, 4.69) is 44.9 Å². The highest BCUT2D eigenvalue weighted by Gasteiger charge is 2.16. The molecule has 0 amide bonds. The summed E-state index contributed by atoms with van der Waals surface area (Å²) < 4.78 is 1.75. The third-order valence-electron chi connectivity index (χ3n) is 3.03. The summed E-state index contributed by atoms with van der Waals surface area (Å²) in [5.41, 5.74) is 3.84. The van der Waals surface area contributed by atoms with Crippen LogP contribution < -0.4 is 0 Å². The zero-order valence-electron chi connectivity index (χ0n) is 10.9. The maximum atomic E-state index is 9.02. The van der Waals surface area contributed by atoms with Crippen LogP contribution in [0.2, 0.25) is 0 Å². The molecule has 0 aromatic carbocycles. The smallest absolute Gasteiger partial charge is 0.169 e. The number of nitriles is 1. The molecule has 0 aliphatic rings. The van der Waals surface area contributed by atoms with Crippen LogP contribution >= 0.6 is 0 Å². The minimum atomic E-state index is 0.120. The van der Waals surface area contributed by atoms with Gasteiger partial charge in [-0.3, -0.25) is 4.68 Å². The van der Waals surface area contributed by atoms with Gasteiger partial charge in [-0.1, -0.05) is 32.4 Å². The summed E-state index contributed by atoms with van der Waals surface area (Å²) >= 11 is 0. The standard InChI is InChI=1S/C13H19N3/c1-9(13(3,4)5)7-11-10(2)16(6)15-12(11)8-14/h7H,1-6H3/b9-7+. The number of aromatic nitrogens is 2. The molecule has 1 aromatic heterocycles. The number of hydrogen-bond donors (Lipinski definition) is 0. The summed E-state index contributed by atoms with van der Waals surface area (Å²) in [6.45, 7) is 10.6. The van der Waals surface area contributed by atoms with Crippen molar-refractivity contribution in [2.45, 2.75) is 34.6 Å². The summed E-state index contributed by atoms with van der Waals surface area (Å²) in [4.78, 5) is 0. The van der Waals surface area contributed by atoms with Crippen molar-refractivity contribution < 1.29 is 0 Å². The zero-order chi connectivity index (χ0) is 12.5. The van der Waals surface area contributed by atoms with Gasteiger partial charge in [0.05, 0.1) is 0 Å². The van der Waals surface area contributed by atoms with Crippen LogP contribution in [0.5, 0.6) is 0 Å². The monoisotopic (exact) mass is 217 g/mol. The second-order valence-electron chi connectivity index (χ2n) is 5.16. The van der Waals surface area contributed by atoms with Gasteiger partial charge in [0.2, 0.25) is 0 Å². The first-order valence-electron chi connectivity index (χ1n) is 5.40. The molecule has 0 spiro atoms. The molecule has 0 radical (unpaired) electrons. The average molecular weight is 217 g/mol. The van der Waals surface area contributed by atoms with Gasteiger partial charge in [-0.05, 0) is 19.3 Å². The Labute approximate surface area is 97.4 Å². The van der Waals surface area contributed by atoms with E-state index in [0.717, 1.165) is 11.3 Å². The number of aryl methyl sites for hydroxylation is 1. The second-order valence-corrected chi connectivity index (χ2v) is 5.16. The van der Waals surface area contributed by atoms with E-state index in [1.54, 1.807) is 4.68 Å². The Bertz CT molecular complexity index is 465. The predicted octanol–water partition coefficient (Wildman–Crippen LogP) is 3.05. The molecule has 0 aliphatic carbocycles. The van der Waals surface area contributed by atoms with Gasteiger partial charge < -0.3 is 0 Å². The van der Waals surface area contributed by atoms with Crippen molar-refractivity contribution in [3.63, 3.8) is 0 Å². The number of rotatable bonds is 1. The lowest BCUT2D eigenvalue weighted by atomic mass is 9.86. The van der Waals surface area contributed by atoms with Crippen LogP contribution in [0.4, 0.5) is 0 Å². The van der Waals surface area contributed by atoms with Crippen molar-refractivity contribution in [3.8, 4) is 6.07 Å². The fourth-order valence-corrected chi connectivity index (χ4v) is 1.31. The quantitative estimate of drug-likeness (QED) is 0.725. The summed E-state index contributed by atoms with van der Waals surface area (Å²) in [5, 5.41) is 13.2. The molecule has 16 heavy (non-hydrogen) atoms. The molecule has 3 nitrogen and oxygen atoms in total. The predicted molar refractivity (Wildman–Crippen MR) is 65.8 cm³/mol. The van der Waals surface area contributed by atoms with Crippen molar-refractivity contribution >= 4 is 6.08 Å². The van der Waals surface area contributed by atoms with Crippen molar-refractivity contribution in [2.24, 2.45) is 12.5 Å². The topological polar surface area (TPSA) is 41.6 Å². The van der Waals surface area contributed by atoms with Gasteiger partial charge in [-0.2, -0.15) is 10.4 Å². The van der Waals surface area contributed by atoms with Crippen molar-refractivity contribution in [2.75, 3.05) is 0 Å². The largest absolute Gasteiger partial charge is 0.271 e. The molecule has 1 aromatic rings. The van der Waals surface area contributed by atoms with Gasteiger partial charge in [-0.15, -0.1) is 0 Å². The van der Waals surface area contributed by atoms with Gasteiger partial charge in [0.1, 0.15) is 6.07 Å². The van der Waals surface area contributed by atoms with E-state index in [0.29, 0.717) is 5.69 Å². The van der Waals surface area contributed by atoms with Crippen molar-refractivity contribution in [1.82, 2.24) is 9.78 Å². The Balaban J connectivity index is 3.31. The number of hydrogen-bond acceptors (Lipinski definition) is 2. The van der Waals surface area contributed by atoms with E-state index in [-0.39, 0.29) is 5.41 Å². The Morgan fingerprint density at radius 2 is 2.00 bits per heavy atom. The first kappa shape index (κ1) is 12.5. The third kappa shape index (κ3) is 2.33. The van der Waals surface area contributed by atoms with Crippen LogP contribution in [0.15, 0.2) is 5.57 Å². The fraction of sp³-hybridized carbons (Fsp3) is 0.538. The van der Waals surface area contributed by atoms with E-state index in [1.807, 2.05) is 14.0 Å². The van der Waals surface area contributed by atoms with Gasteiger partial charge in [0.15, 0.2) is 5.69 Å². The number of allylic oxidation sites excluding steroid dienone is 1. The van der Waals surface area contributed by atoms with E-state index < -0.39 is 0 Å². The molecule has 0 bridgehead atoms. The van der Waals surface area contributed by atoms with Crippen LogP contribution in [0, 0.1) is 23.7 Å². The summed E-state index contributed by atoms with van der Waals surface area (Å²) in [7, 11) is 1.86. The molecule has 0 aliphatic heterocycles. The molecular weight excluding hydrogens is 198 g/mol. The minimum absolute atomic E-state index is 0.120. The van der Waals surface area contributed by atoms with E-state index in [9.17, 15) is 0 Å². The van der Waals surface area contributed by atoms with Crippen LogP contribution in [-0.4, -0.2) is 9.78 Å². The second kappa shape index (κ2) is 4.13. The Morgan fingerprint density at radius 1 is 1.44 bits per heavy atom. The van der Waals surface area contributed by atoms with Gasteiger partial charge in [0, 0.05) is 18.3 Å². The van der Waals surface area contributed by atoms with Crippen LogP contribution in [-0.2, 0) is 7.05 Å². The molecular formula is C13H19N3. The summed E-state index contributed by atoms with van der Waals surface area (Å²) in [5.74, 6) is 0. The van der Waals surface area contributed by atoms with Crippen molar-refractivity contribution in [1.29, 1.82) is 5.26 Å².